The first-order valence-electron chi connectivity index (χ1n) is 5.81. The Morgan fingerprint density at radius 2 is 1.95 bits per heavy atom. The highest BCUT2D eigenvalue weighted by Gasteiger charge is 2.06. The number of nitrogens with one attached hydrogen (secondary N) is 1. The summed E-state index contributed by atoms with van der Waals surface area (Å²) in [4.78, 5) is 7.91. The van der Waals surface area contributed by atoms with Crippen LogP contribution in [0, 0.1) is 22.7 Å². The van der Waals surface area contributed by atoms with Crippen LogP contribution >= 0.6 is 0 Å². The minimum atomic E-state index is 0.164. The molecule has 0 amide bonds. The molecule has 20 heavy (non-hydrogen) atoms. The standard InChI is InChI=1S/C14H11N5O/c1-20-12-4-2-10(3-5-12)8-18-14-13(7-16)17-9-11(6-15)19-14/h2-5,9H,8H2,1H3,(H,18,19). The number of aromatic nitrogens is 2. The highest BCUT2D eigenvalue weighted by atomic mass is 16.5. The Balaban J connectivity index is 2.13. The third kappa shape index (κ3) is 3.01. The van der Waals surface area contributed by atoms with Crippen molar-refractivity contribution in [3.05, 3.63) is 47.4 Å². The lowest BCUT2D eigenvalue weighted by Gasteiger charge is -2.07. The molecular formula is C14H11N5O. The van der Waals surface area contributed by atoms with E-state index in [1.54, 1.807) is 7.11 Å². The van der Waals surface area contributed by atoms with E-state index in [0.29, 0.717) is 12.4 Å². The van der Waals surface area contributed by atoms with Crippen LogP contribution in [0.25, 0.3) is 0 Å². The molecule has 0 saturated heterocycles. The molecule has 1 aromatic heterocycles. The van der Waals surface area contributed by atoms with E-state index in [0.717, 1.165) is 11.3 Å². The fraction of sp³-hybridized carbons (Fsp3) is 0.143. The van der Waals surface area contributed by atoms with Crippen LogP contribution in [0.4, 0.5) is 5.82 Å². The topological polar surface area (TPSA) is 94.6 Å². The largest absolute Gasteiger partial charge is 0.497 e. The number of ether oxygens (including phenoxy) is 1. The number of anilines is 1. The Bertz CT molecular complexity index is 682. The molecule has 1 heterocycles. The quantitative estimate of drug-likeness (QED) is 0.906. The normalized spacial score (nSPS) is 9.35. The van der Waals surface area contributed by atoms with Crippen LogP contribution in [0.1, 0.15) is 17.0 Å². The van der Waals surface area contributed by atoms with E-state index >= 15 is 0 Å². The lowest BCUT2D eigenvalue weighted by Crippen LogP contribution is -2.06. The molecular weight excluding hydrogens is 254 g/mol. The van der Waals surface area contributed by atoms with Gasteiger partial charge in [-0.15, -0.1) is 0 Å². The molecule has 1 aromatic carbocycles. The predicted octanol–water partition coefficient (Wildman–Crippen LogP) is 1.84. The molecule has 0 fully saturated rings. The van der Waals surface area contributed by atoms with Gasteiger partial charge in [0.15, 0.2) is 17.2 Å². The molecule has 0 bridgehead atoms. The van der Waals surface area contributed by atoms with Crippen molar-refractivity contribution in [2.45, 2.75) is 6.54 Å². The van der Waals surface area contributed by atoms with Gasteiger partial charge < -0.3 is 10.1 Å². The fourth-order valence-electron chi connectivity index (χ4n) is 1.58. The predicted molar refractivity (Wildman–Crippen MR) is 71.8 cm³/mol. The Kier molecular flexibility index (Phi) is 4.10. The maximum absolute atomic E-state index is 8.96. The van der Waals surface area contributed by atoms with Gasteiger partial charge >= 0.3 is 0 Å². The van der Waals surface area contributed by atoms with Gasteiger partial charge in [-0.05, 0) is 17.7 Å². The molecule has 1 N–H and O–H groups in total. The number of hydrogen-bond donors (Lipinski definition) is 1. The Morgan fingerprint density at radius 1 is 1.20 bits per heavy atom. The Morgan fingerprint density at radius 3 is 2.55 bits per heavy atom. The summed E-state index contributed by atoms with van der Waals surface area (Å²) >= 11 is 0. The highest BCUT2D eigenvalue weighted by molar-refractivity contribution is 5.49. The SMILES string of the molecule is COc1ccc(CNc2nc(C#N)cnc2C#N)cc1. The zero-order valence-electron chi connectivity index (χ0n) is 10.8. The molecule has 0 spiro atoms. The van der Waals surface area contributed by atoms with Gasteiger partial charge in [-0.1, -0.05) is 12.1 Å². The monoisotopic (exact) mass is 265 g/mol. The molecule has 0 radical (unpaired) electrons. The first kappa shape index (κ1) is 13.3. The van der Waals surface area contributed by atoms with Crippen molar-refractivity contribution in [1.29, 1.82) is 10.5 Å². The van der Waals surface area contributed by atoms with E-state index in [4.69, 9.17) is 15.3 Å². The molecule has 0 unspecified atom stereocenters. The fourth-order valence-corrected chi connectivity index (χ4v) is 1.58. The first-order valence-corrected chi connectivity index (χ1v) is 5.81. The summed E-state index contributed by atoms with van der Waals surface area (Å²) in [5.74, 6) is 1.08. The molecule has 0 aliphatic carbocycles. The summed E-state index contributed by atoms with van der Waals surface area (Å²) < 4.78 is 5.08. The summed E-state index contributed by atoms with van der Waals surface area (Å²) in [6.45, 7) is 0.474. The van der Waals surface area contributed by atoms with E-state index in [1.807, 2.05) is 36.4 Å². The third-order valence-electron chi connectivity index (χ3n) is 2.61. The summed E-state index contributed by atoms with van der Waals surface area (Å²) in [5.41, 5.74) is 1.33. The van der Waals surface area contributed by atoms with Gasteiger partial charge in [0.2, 0.25) is 0 Å². The smallest absolute Gasteiger partial charge is 0.183 e. The van der Waals surface area contributed by atoms with E-state index in [1.165, 1.54) is 6.20 Å². The lowest BCUT2D eigenvalue weighted by molar-refractivity contribution is 0.414. The van der Waals surface area contributed by atoms with Crippen molar-refractivity contribution < 1.29 is 4.74 Å². The summed E-state index contributed by atoms with van der Waals surface area (Å²) in [6, 6.07) is 11.3. The van der Waals surface area contributed by atoms with Gasteiger partial charge in [0.25, 0.3) is 0 Å². The molecule has 6 heteroatoms. The van der Waals surface area contributed by atoms with E-state index in [-0.39, 0.29) is 11.4 Å². The van der Waals surface area contributed by atoms with Crippen molar-refractivity contribution in [3.8, 4) is 17.9 Å². The number of nitrogens with zero attached hydrogens (tertiary/aromatic N) is 4. The second-order valence-electron chi connectivity index (χ2n) is 3.88. The molecule has 6 nitrogen and oxygen atoms in total. The van der Waals surface area contributed by atoms with Crippen LogP contribution in [0.2, 0.25) is 0 Å². The number of nitriles is 2. The van der Waals surface area contributed by atoms with Crippen molar-refractivity contribution in [2.24, 2.45) is 0 Å². The molecule has 0 saturated carbocycles. The Labute approximate surface area is 116 Å². The highest BCUT2D eigenvalue weighted by Crippen LogP contribution is 2.14. The minimum absolute atomic E-state index is 0.164. The molecule has 0 aliphatic rings. The van der Waals surface area contributed by atoms with Gasteiger partial charge in [0.05, 0.1) is 13.3 Å². The van der Waals surface area contributed by atoms with Crippen LogP contribution < -0.4 is 10.1 Å². The van der Waals surface area contributed by atoms with Crippen molar-refractivity contribution in [3.63, 3.8) is 0 Å². The third-order valence-corrected chi connectivity index (χ3v) is 2.61. The molecule has 98 valence electrons. The average molecular weight is 265 g/mol. The molecule has 2 aromatic rings. The van der Waals surface area contributed by atoms with E-state index < -0.39 is 0 Å². The van der Waals surface area contributed by atoms with Crippen molar-refractivity contribution in [2.75, 3.05) is 12.4 Å². The average Bonchev–Trinajstić information content (AvgIpc) is 2.53. The first-order chi connectivity index (χ1) is 9.76. The van der Waals surface area contributed by atoms with Crippen molar-refractivity contribution >= 4 is 5.82 Å². The maximum atomic E-state index is 8.96. The van der Waals surface area contributed by atoms with Crippen LogP contribution in [-0.4, -0.2) is 17.1 Å². The van der Waals surface area contributed by atoms with Gasteiger partial charge in [-0.25, -0.2) is 9.97 Å². The number of rotatable bonds is 4. The van der Waals surface area contributed by atoms with Crippen LogP contribution in [0.3, 0.4) is 0 Å². The molecule has 0 aliphatic heterocycles. The van der Waals surface area contributed by atoms with Crippen LogP contribution in [0.15, 0.2) is 30.5 Å². The van der Waals surface area contributed by atoms with E-state index in [9.17, 15) is 0 Å². The lowest BCUT2D eigenvalue weighted by atomic mass is 10.2. The minimum Gasteiger partial charge on any atom is -0.497 e. The molecule has 0 atom stereocenters. The number of methoxy groups -OCH3 is 1. The maximum Gasteiger partial charge on any atom is 0.183 e. The number of hydrogen-bond acceptors (Lipinski definition) is 6. The van der Waals surface area contributed by atoms with Crippen LogP contribution in [-0.2, 0) is 6.54 Å². The number of benzene rings is 1. The second-order valence-corrected chi connectivity index (χ2v) is 3.88. The zero-order chi connectivity index (χ0) is 14.4. The summed E-state index contributed by atoms with van der Waals surface area (Å²) in [7, 11) is 1.61. The summed E-state index contributed by atoms with van der Waals surface area (Å²) in [6.07, 6.45) is 1.27. The van der Waals surface area contributed by atoms with Crippen LogP contribution in [0.5, 0.6) is 5.75 Å². The van der Waals surface area contributed by atoms with Gasteiger partial charge in [0, 0.05) is 6.54 Å². The second kappa shape index (κ2) is 6.17. The zero-order valence-corrected chi connectivity index (χ0v) is 10.8. The van der Waals surface area contributed by atoms with Gasteiger partial charge in [0.1, 0.15) is 17.9 Å². The summed E-state index contributed by atoms with van der Waals surface area (Å²) in [5, 5.41) is 20.8. The molecule has 2 rings (SSSR count). The van der Waals surface area contributed by atoms with E-state index in [2.05, 4.69) is 15.3 Å². The van der Waals surface area contributed by atoms with Gasteiger partial charge in [-0.3, -0.25) is 0 Å². The van der Waals surface area contributed by atoms with Gasteiger partial charge in [-0.2, -0.15) is 10.5 Å². The Hall–Kier alpha value is -3.12. The van der Waals surface area contributed by atoms with Crippen molar-refractivity contribution in [1.82, 2.24) is 9.97 Å².